The summed E-state index contributed by atoms with van der Waals surface area (Å²) in [4.78, 5) is 0. The predicted octanol–water partition coefficient (Wildman–Crippen LogP) is 4.65. The molecule has 2 bridgehead atoms. The largest absolute Gasteiger partial charge is 0.0998 e. The van der Waals surface area contributed by atoms with E-state index in [0.717, 1.165) is 11.8 Å². The minimum absolute atomic E-state index is 0.733. The Morgan fingerprint density at radius 1 is 1.33 bits per heavy atom. The van der Waals surface area contributed by atoms with Crippen molar-refractivity contribution in [1.29, 1.82) is 0 Å². The van der Waals surface area contributed by atoms with Crippen LogP contribution in [0.3, 0.4) is 0 Å². The minimum Gasteiger partial charge on any atom is -0.0998 e. The molecule has 82 valence electrons. The second-order valence-corrected chi connectivity index (χ2v) is 5.19. The number of rotatable bonds is 1. The van der Waals surface area contributed by atoms with Crippen molar-refractivity contribution in [3.8, 4) is 0 Å². The van der Waals surface area contributed by atoms with Gasteiger partial charge in [-0.15, -0.1) is 0 Å². The molecule has 0 radical (unpaired) electrons. The Bertz CT molecular complexity index is 317. The van der Waals surface area contributed by atoms with E-state index in [1.807, 2.05) is 0 Å². The SMILES string of the molecule is C=C(C)[C@@H]1CC/C2=C/CC/C=C(/C)[C@@H]1C2. The smallest absolute Gasteiger partial charge is 0.0103 e. The maximum absolute atomic E-state index is 4.17. The molecule has 0 aromatic heterocycles. The van der Waals surface area contributed by atoms with Crippen molar-refractivity contribution in [2.45, 2.75) is 46.0 Å². The van der Waals surface area contributed by atoms with Crippen LogP contribution < -0.4 is 0 Å². The van der Waals surface area contributed by atoms with Crippen molar-refractivity contribution in [3.63, 3.8) is 0 Å². The molecular formula is C15H22. The Kier molecular flexibility index (Phi) is 3.14. The summed E-state index contributed by atoms with van der Waals surface area (Å²) in [5.74, 6) is 1.49. The molecular weight excluding hydrogens is 180 g/mol. The highest BCUT2D eigenvalue weighted by Crippen LogP contribution is 2.42. The van der Waals surface area contributed by atoms with E-state index < -0.39 is 0 Å². The topological polar surface area (TPSA) is 0 Å². The lowest BCUT2D eigenvalue weighted by atomic mass is 9.70. The van der Waals surface area contributed by atoms with Gasteiger partial charge in [-0.05, 0) is 57.8 Å². The fourth-order valence-electron chi connectivity index (χ4n) is 3.07. The highest BCUT2D eigenvalue weighted by molar-refractivity contribution is 5.22. The first-order chi connectivity index (χ1) is 7.18. The molecule has 15 heavy (non-hydrogen) atoms. The van der Waals surface area contributed by atoms with E-state index in [1.54, 1.807) is 11.1 Å². The number of hydrogen-bond acceptors (Lipinski definition) is 0. The average molecular weight is 202 g/mol. The summed E-state index contributed by atoms with van der Waals surface area (Å²) in [6, 6.07) is 0. The Labute approximate surface area is 93.8 Å². The molecule has 0 nitrogen and oxygen atoms in total. The van der Waals surface area contributed by atoms with Crippen LogP contribution in [0.5, 0.6) is 0 Å². The maximum atomic E-state index is 4.17. The molecule has 0 heterocycles. The van der Waals surface area contributed by atoms with Crippen LogP contribution >= 0.6 is 0 Å². The molecule has 0 saturated heterocycles. The van der Waals surface area contributed by atoms with Crippen molar-refractivity contribution >= 4 is 0 Å². The van der Waals surface area contributed by atoms with Crippen molar-refractivity contribution in [3.05, 3.63) is 35.5 Å². The van der Waals surface area contributed by atoms with Crippen molar-refractivity contribution in [2.75, 3.05) is 0 Å². The normalized spacial score (nSPS) is 38.0. The predicted molar refractivity (Wildman–Crippen MR) is 66.7 cm³/mol. The molecule has 0 heteroatoms. The summed E-state index contributed by atoms with van der Waals surface area (Å²) < 4.78 is 0. The van der Waals surface area contributed by atoms with E-state index in [2.05, 4.69) is 32.6 Å². The van der Waals surface area contributed by atoms with Gasteiger partial charge < -0.3 is 0 Å². The molecule has 0 N–H and O–H groups in total. The Balaban J connectivity index is 2.25. The number of fused-ring (bicyclic) bond motifs is 2. The molecule has 2 aliphatic rings. The lowest BCUT2D eigenvalue weighted by Gasteiger charge is -2.35. The molecule has 1 saturated carbocycles. The van der Waals surface area contributed by atoms with E-state index in [-0.39, 0.29) is 0 Å². The quantitative estimate of drug-likeness (QED) is 0.543. The van der Waals surface area contributed by atoms with Crippen LogP contribution in [0.4, 0.5) is 0 Å². The molecule has 0 amide bonds. The van der Waals surface area contributed by atoms with Gasteiger partial charge in [0.25, 0.3) is 0 Å². The van der Waals surface area contributed by atoms with Gasteiger partial charge in [-0.3, -0.25) is 0 Å². The van der Waals surface area contributed by atoms with Gasteiger partial charge in [0.1, 0.15) is 0 Å². The van der Waals surface area contributed by atoms with Crippen molar-refractivity contribution in [2.24, 2.45) is 11.8 Å². The lowest BCUT2D eigenvalue weighted by Crippen LogP contribution is -2.23. The van der Waals surface area contributed by atoms with Crippen LogP contribution in [0.25, 0.3) is 0 Å². The van der Waals surface area contributed by atoms with Crippen LogP contribution in [0.15, 0.2) is 35.5 Å². The average Bonchev–Trinajstić information content (AvgIpc) is 2.22. The van der Waals surface area contributed by atoms with Gasteiger partial charge in [0.2, 0.25) is 0 Å². The molecule has 0 unspecified atom stereocenters. The first kappa shape index (κ1) is 10.7. The van der Waals surface area contributed by atoms with Crippen LogP contribution in [-0.4, -0.2) is 0 Å². The van der Waals surface area contributed by atoms with Gasteiger partial charge in [0, 0.05) is 0 Å². The fraction of sp³-hybridized carbons (Fsp3) is 0.600. The molecule has 2 aliphatic carbocycles. The molecule has 0 spiro atoms. The van der Waals surface area contributed by atoms with E-state index in [0.29, 0.717) is 0 Å². The maximum Gasteiger partial charge on any atom is -0.0103 e. The first-order valence-corrected chi connectivity index (χ1v) is 6.18. The minimum atomic E-state index is 0.733. The van der Waals surface area contributed by atoms with Gasteiger partial charge >= 0.3 is 0 Å². The Morgan fingerprint density at radius 2 is 2.07 bits per heavy atom. The highest BCUT2D eigenvalue weighted by atomic mass is 14.3. The number of hydrogen-bond donors (Lipinski definition) is 0. The van der Waals surface area contributed by atoms with Crippen molar-refractivity contribution in [1.82, 2.24) is 0 Å². The van der Waals surface area contributed by atoms with Gasteiger partial charge in [0.05, 0.1) is 0 Å². The summed E-state index contributed by atoms with van der Waals surface area (Å²) in [5, 5.41) is 0. The van der Waals surface area contributed by atoms with Crippen LogP contribution in [0.1, 0.15) is 46.0 Å². The molecule has 0 aromatic carbocycles. The summed E-state index contributed by atoms with van der Waals surface area (Å²) in [5.41, 5.74) is 4.69. The Morgan fingerprint density at radius 3 is 2.80 bits per heavy atom. The zero-order valence-electron chi connectivity index (χ0n) is 10.1. The van der Waals surface area contributed by atoms with Gasteiger partial charge in [0.15, 0.2) is 0 Å². The van der Waals surface area contributed by atoms with E-state index in [1.165, 1.54) is 37.7 Å². The zero-order valence-corrected chi connectivity index (χ0v) is 10.1. The van der Waals surface area contributed by atoms with Crippen LogP contribution in [-0.2, 0) is 0 Å². The Hall–Kier alpha value is -0.780. The van der Waals surface area contributed by atoms with Crippen molar-refractivity contribution < 1.29 is 0 Å². The lowest BCUT2D eigenvalue weighted by molar-refractivity contribution is 0.357. The third-order valence-electron chi connectivity index (χ3n) is 4.03. The van der Waals surface area contributed by atoms with Gasteiger partial charge in [-0.25, -0.2) is 0 Å². The van der Waals surface area contributed by atoms with Crippen LogP contribution in [0, 0.1) is 11.8 Å². The standard InChI is InChI=1S/C15H22/c1-11(2)14-9-8-13-7-5-4-6-12(3)15(14)10-13/h6-7,14-15H,1,4-5,8-10H2,2-3H3/b12-6-,13-7-/t14-,15-/m0/s1. The third-order valence-corrected chi connectivity index (χ3v) is 4.03. The second kappa shape index (κ2) is 4.38. The zero-order chi connectivity index (χ0) is 10.8. The second-order valence-electron chi connectivity index (χ2n) is 5.19. The van der Waals surface area contributed by atoms with Gasteiger partial charge in [-0.1, -0.05) is 35.5 Å². The van der Waals surface area contributed by atoms with Gasteiger partial charge in [-0.2, -0.15) is 0 Å². The number of allylic oxidation sites excluding steroid dienone is 5. The fourth-order valence-corrected chi connectivity index (χ4v) is 3.07. The summed E-state index contributed by atoms with van der Waals surface area (Å²) in [6.45, 7) is 8.68. The summed E-state index contributed by atoms with van der Waals surface area (Å²) in [6.07, 6.45) is 11.3. The van der Waals surface area contributed by atoms with E-state index in [9.17, 15) is 0 Å². The molecule has 2 atom stereocenters. The summed E-state index contributed by atoms with van der Waals surface area (Å²) >= 11 is 0. The monoisotopic (exact) mass is 202 g/mol. The molecule has 0 aliphatic heterocycles. The van der Waals surface area contributed by atoms with E-state index in [4.69, 9.17) is 0 Å². The molecule has 0 aromatic rings. The van der Waals surface area contributed by atoms with Crippen LogP contribution in [0.2, 0.25) is 0 Å². The highest BCUT2D eigenvalue weighted by Gasteiger charge is 2.29. The summed E-state index contributed by atoms with van der Waals surface area (Å²) in [7, 11) is 0. The third kappa shape index (κ3) is 2.25. The first-order valence-electron chi connectivity index (χ1n) is 6.18. The van der Waals surface area contributed by atoms with E-state index >= 15 is 0 Å². The molecule has 1 fully saturated rings. The molecule has 2 rings (SSSR count).